The Morgan fingerprint density at radius 2 is 2.13 bits per heavy atom. The van der Waals surface area contributed by atoms with Gasteiger partial charge < -0.3 is 15.7 Å². The summed E-state index contributed by atoms with van der Waals surface area (Å²) in [5.74, 6) is -0.549. The Kier molecular flexibility index (Phi) is 3.92. The van der Waals surface area contributed by atoms with E-state index in [4.69, 9.17) is 5.11 Å². The van der Waals surface area contributed by atoms with E-state index in [0.29, 0.717) is 12.2 Å². The molecule has 3 rings (SSSR count). The van der Waals surface area contributed by atoms with Gasteiger partial charge >= 0.3 is 5.97 Å². The van der Waals surface area contributed by atoms with Crippen molar-refractivity contribution in [2.45, 2.75) is 25.8 Å². The van der Waals surface area contributed by atoms with Gasteiger partial charge in [0.1, 0.15) is 5.82 Å². The van der Waals surface area contributed by atoms with Gasteiger partial charge in [0.15, 0.2) is 5.69 Å². The maximum atomic E-state index is 11.4. The van der Waals surface area contributed by atoms with Gasteiger partial charge in [-0.25, -0.2) is 14.8 Å². The van der Waals surface area contributed by atoms with Gasteiger partial charge in [-0.3, -0.25) is 4.79 Å². The summed E-state index contributed by atoms with van der Waals surface area (Å²) in [5, 5.41) is 14.9. The Hall–Kier alpha value is -2.96. The zero-order chi connectivity index (χ0) is 16.4. The SMILES string of the molecule is CC(Nc1cnc(C(=O)O)cn1)c1ccc2c(c1)CCC(=O)N2. The Balaban J connectivity index is 1.74. The van der Waals surface area contributed by atoms with Crippen LogP contribution in [0.1, 0.15) is 41.0 Å². The number of nitrogens with zero attached hydrogens (tertiary/aromatic N) is 2. The molecule has 7 heteroatoms. The molecule has 0 spiro atoms. The first-order chi connectivity index (χ1) is 11.0. The van der Waals surface area contributed by atoms with E-state index in [1.165, 1.54) is 12.4 Å². The molecule has 0 saturated heterocycles. The molecule has 0 aliphatic carbocycles. The lowest BCUT2D eigenvalue weighted by molar-refractivity contribution is -0.116. The van der Waals surface area contributed by atoms with Crippen molar-refractivity contribution >= 4 is 23.4 Å². The van der Waals surface area contributed by atoms with Gasteiger partial charge in [0.05, 0.1) is 18.4 Å². The Bertz CT molecular complexity index is 758. The molecule has 118 valence electrons. The Morgan fingerprint density at radius 1 is 1.30 bits per heavy atom. The minimum absolute atomic E-state index is 0.0251. The molecule has 1 amide bonds. The van der Waals surface area contributed by atoms with Crippen LogP contribution in [0, 0.1) is 0 Å². The van der Waals surface area contributed by atoms with Crippen LogP contribution in [0.4, 0.5) is 11.5 Å². The predicted octanol–water partition coefficient (Wildman–Crippen LogP) is 2.23. The Morgan fingerprint density at radius 3 is 2.83 bits per heavy atom. The van der Waals surface area contributed by atoms with E-state index >= 15 is 0 Å². The Labute approximate surface area is 132 Å². The fourth-order valence-electron chi connectivity index (χ4n) is 2.49. The van der Waals surface area contributed by atoms with Crippen LogP contribution >= 0.6 is 0 Å². The number of carboxylic acids is 1. The molecule has 1 aromatic carbocycles. The third-order valence-corrected chi connectivity index (χ3v) is 3.76. The molecule has 0 bridgehead atoms. The molecule has 1 atom stereocenters. The largest absolute Gasteiger partial charge is 0.476 e. The fourth-order valence-corrected chi connectivity index (χ4v) is 2.49. The molecule has 0 saturated carbocycles. The highest BCUT2D eigenvalue weighted by atomic mass is 16.4. The molecule has 1 aliphatic rings. The smallest absolute Gasteiger partial charge is 0.356 e. The number of hydrogen-bond donors (Lipinski definition) is 3. The number of hydrogen-bond acceptors (Lipinski definition) is 5. The lowest BCUT2D eigenvalue weighted by Gasteiger charge is -2.20. The molecule has 2 heterocycles. The first kappa shape index (κ1) is 15.0. The van der Waals surface area contributed by atoms with Crippen molar-refractivity contribution < 1.29 is 14.7 Å². The molecule has 23 heavy (non-hydrogen) atoms. The van der Waals surface area contributed by atoms with E-state index in [-0.39, 0.29) is 17.6 Å². The minimum Gasteiger partial charge on any atom is -0.476 e. The number of carboxylic acid groups (broad SMARTS) is 1. The van der Waals surface area contributed by atoms with Gasteiger partial charge in [-0.2, -0.15) is 0 Å². The number of aromatic nitrogens is 2. The van der Waals surface area contributed by atoms with E-state index in [1.807, 2.05) is 19.1 Å². The predicted molar refractivity (Wildman–Crippen MR) is 84.4 cm³/mol. The highest BCUT2D eigenvalue weighted by Gasteiger charge is 2.16. The molecule has 3 N–H and O–H groups in total. The molecule has 0 fully saturated rings. The second-order valence-corrected chi connectivity index (χ2v) is 5.42. The molecule has 1 unspecified atom stereocenters. The second-order valence-electron chi connectivity index (χ2n) is 5.42. The number of aryl methyl sites for hydroxylation is 1. The van der Waals surface area contributed by atoms with Crippen molar-refractivity contribution in [3.05, 3.63) is 47.4 Å². The van der Waals surface area contributed by atoms with Crippen LogP contribution < -0.4 is 10.6 Å². The summed E-state index contributed by atoms with van der Waals surface area (Å²) in [4.78, 5) is 30.0. The first-order valence-electron chi connectivity index (χ1n) is 7.27. The summed E-state index contributed by atoms with van der Waals surface area (Å²) < 4.78 is 0. The molecule has 1 aromatic heterocycles. The summed E-state index contributed by atoms with van der Waals surface area (Å²) in [6, 6.07) is 5.88. The average molecular weight is 312 g/mol. The van der Waals surface area contributed by atoms with Gasteiger partial charge in [-0.1, -0.05) is 12.1 Å². The highest BCUT2D eigenvalue weighted by molar-refractivity contribution is 5.93. The van der Waals surface area contributed by atoms with E-state index < -0.39 is 5.97 Å². The van der Waals surface area contributed by atoms with Crippen molar-refractivity contribution in [2.24, 2.45) is 0 Å². The highest BCUT2D eigenvalue weighted by Crippen LogP contribution is 2.27. The molecular weight excluding hydrogens is 296 g/mol. The van der Waals surface area contributed by atoms with Crippen LogP contribution in [0.5, 0.6) is 0 Å². The van der Waals surface area contributed by atoms with Gasteiger partial charge in [0.25, 0.3) is 0 Å². The van der Waals surface area contributed by atoms with E-state index in [1.54, 1.807) is 0 Å². The monoisotopic (exact) mass is 312 g/mol. The van der Waals surface area contributed by atoms with Crippen molar-refractivity contribution in [3.8, 4) is 0 Å². The summed E-state index contributed by atoms with van der Waals surface area (Å²) in [6.45, 7) is 1.98. The van der Waals surface area contributed by atoms with Crippen LogP contribution in [0.2, 0.25) is 0 Å². The summed E-state index contributed by atoms with van der Waals surface area (Å²) >= 11 is 0. The topological polar surface area (TPSA) is 104 Å². The lowest BCUT2D eigenvalue weighted by Crippen LogP contribution is -2.19. The number of carbonyl (C=O) groups is 2. The number of aromatic carboxylic acids is 1. The van der Waals surface area contributed by atoms with Crippen LogP contribution in [0.25, 0.3) is 0 Å². The zero-order valence-electron chi connectivity index (χ0n) is 12.5. The fraction of sp³-hybridized carbons (Fsp3) is 0.250. The first-order valence-corrected chi connectivity index (χ1v) is 7.27. The van der Waals surface area contributed by atoms with Gasteiger partial charge in [0.2, 0.25) is 5.91 Å². The quantitative estimate of drug-likeness (QED) is 0.799. The van der Waals surface area contributed by atoms with E-state index in [2.05, 4.69) is 26.7 Å². The minimum atomic E-state index is -1.10. The zero-order valence-corrected chi connectivity index (χ0v) is 12.5. The van der Waals surface area contributed by atoms with E-state index in [9.17, 15) is 9.59 Å². The molecule has 1 aliphatic heterocycles. The third-order valence-electron chi connectivity index (χ3n) is 3.76. The van der Waals surface area contributed by atoms with Crippen molar-refractivity contribution in [3.63, 3.8) is 0 Å². The van der Waals surface area contributed by atoms with Crippen LogP contribution in [-0.2, 0) is 11.2 Å². The van der Waals surface area contributed by atoms with Crippen LogP contribution in [0.15, 0.2) is 30.6 Å². The van der Waals surface area contributed by atoms with E-state index in [0.717, 1.165) is 23.2 Å². The van der Waals surface area contributed by atoms with Crippen LogP contribution in [0.3, 0.4) is 0 Å². The normalized spacial score (nSPS) is 14.6. The standard InChI is InChI=1S/C16H16N4O3/c1-9(19-14-8-17-13(7-18-14)16(22)23)10-2-4-12-11(6-10)3-5-15(21)20-12/h2,4,6-9H,3,5H2,1H3,(H,18,19)(H,20,21)(H,22,23). The molecular formula is C16H16N4O3. The van der Waals surface area contributed by atoms with Crippen LogP contribution in [-0.4, -0.2) is 27.0 Å². The third kappa shape index (κ3) is 3.28. The van der Waals surface area contributed by atoms with Gasteiger partial charge in [-0.05, 0) is 30.5 Å². The van der Waals surface area contributed by atoms with Crippen molar-refractivity contribution in [1.82, 2.24) is 9.97 Å². The number of carbonyl (C=O) groups excluding carboxylic acids is 1. The van der Waals surface area contributed by atoms with Crippen molar-refractivity contribution in [1.29, 1.82) is 0 Å². The number of benzene rings is 1. The summed E-state index contributed by atoms with van der Waals surface area (Å²) in [5.41, 5.74) is 2.95. The average Bonchev–Trinajstić information content (AvgIpc) is 2.54. The number of rotatable bonds is 4. The second kappa shape index (κ2) is 6.04. The van der Waals surface area contributed by atoms with Crippen molar-refractivity contribution in [2.75, 3.05) is 10.6 Å². The number of anilines is 2. The van der Waals surface area contributed by atoms with Gasteiger partial charge in [0, 0.05) is 12.1 Å². The number of fused-ring (bicyclic) bond motifs is 1. The molecule has 0 radical (unpaired) electrons. The maximum Gasteiger partial charge on any atom is 0.356 e. The summed E-state index contributed by atoms with van der Waals surface area (Å²) in [6.07, 6.45) is 3.85. The molecule has 2 aromatic rings. The number of nitrogens with one attached hydrogen (secondary N) is 2. The summed E-state index contributed by atoms with van der Waals surface area (Å²) in [7, 11) is 0. The lowest BCUT2D eigenvalue weighted by atomic mass is 9.98. The number of amides is 1. The maximum absolute atomic E-state index is 11.4. The van der Waals surface area contributed by atoms with Gasteiger partial charge in [-0.15, -0.1) is 0 Å². The molecule has 7 nitrogen and oxygen atoms in total.